The van der Waals surface area contributed by atoms with Crippen LogP contribution >= 0.6 is 11.8 Å². The Labute approximate surface area is 228 Å². The molecule has 0 aliphatic carbocycles. The number of nitrogens with zero attached hydrogens (tertiary/aromatic N) is 1. The number of amides is 1. The molecule has 4 aromatic rings. The second-order valence-electron chi connectivity index (χ2n) is 8.62. The average Bonchev–Trinajstić information content (AvgIpc) is 2.94. The van der Waals surface area contributed by atoms with Crippen LogP contribution in [0.25, 0.3) is 0 Å². The summed E-state index contributed by atoms with van der Waals surface area (Å²) in [5.74, 6) is 2.43. The van der Waals surface area contributed by atoms with Crippen LogP contribution in [0.1, 0.15) is 11.1 Å². The van der Waals surface area contributed by atoms with Gasteiger partial charge in [0.1, 0.15) is 18.0 Å². The Hall–Kier alpha value is -3.75. The molecule has 0 heterocycles. The number of anilines is 1. The largest absolute Gasteiger partial charge is 0.457 e. The maximum Gasteiger partial charge on any atom is 0.264 e. The highest BCUT2D eigenvalue weighted by atomic mass is 32.2. The molecule has 4 aromatic carbocycles. The van der Waals surface area contributed by atoms with Crippen molar-refractivity contribution in [1.82, 2.24) is 5.32 Å². The van der Waals surface area contributed by atoms with Crippen LogP contribution in [0.2, 0.25) is 0 Å². The van der Waals surface area contributed by atoms with E-state index < -0.39 is 10.0 Å². The monoisotopic (exact) mass is 546 g/mol. The lowest BCUT2D eigenvalue weighted by Gasteiger charge is -2.24. The van der Waals surface area contributed by atoms with E-state index in [0.717, 1.165) is 15.8 Å². The third-order valence-electron chi connectivity index (χ3n) is 5.68. The Balaban J connectivity index is 1.41. The Kier molecular flexibility index (Phi) is 9.46. The summed E-state index contributed by atoms with van der Waals surface area (Å²) >= 11 is 1.71. The van der Waals surface area contributed by atoms with Crippen LogP contribution < -0.4 is 14.4 Å². The first-order valence-corrected chi connectivity index (χ1v) is 14.8. The normalized spacial score (nSPS) is 11.1. The van der Waals surface area contributed by atoms with Gasteiger partial charge in [-0.15, -0.1) is 0 Å². The Morgan fingerprint density at radius 3 is 2.08 bits per heavy atom. The van der Waals surface area contributed by atoms with Crippen LogP contribution in [0.3, 0.4) is 0 Å². The van der Waals surface area contributed by atoms with E-state index in [1.54, 1.807) is 54.2 Å². The van der Waals surface area contributed by atoms with Crippen LogP contribution in [0.5, 0.6) is 11.5 Å². The van der Waals surface area contributed by atoms with Crippen LogP contribution in [-0.2, 0) is 20.6 Å². The maximum absolute atomic E-state index is 13.5. The van der Waals surface area contributed by atoms with Gasteiger partial charge in [0.2, 0.25) is 5.91 Å². The predicted molar refractivity (Wildman–Crippen MR) is 154 cm³/mol. The second kappa shape index (κ2) is 13.2. The van der Waals surface area contributed by atoms with E-state index in [2.05, 4.69) is 36.5 Å². The first-order chi connectivity index (χ1) is 18.4. The molecule has 8 heteroatoms. The number of hydrogen-bond donors (Lipinski definition) is 1. The molecule has 1 N–H and O–H groups in total. The van der Waals surface area contributed by atoms with Gasteiger partial charge in [-0.3, -0.25) is 9.10 Å². The molecule has 0 atom stereocenters. The van der Waals surface area contributed by atoms with Crippen molar-refractivity contribution in [3.63, 3.8) is 0 Å². The quantitative estimate of drug-likeness (QED) is 0.220. The minimum atomic E-state index is -3.97. The molecule has 0 saturated carbocycles. The molecule has 0 saturated heterocycles. The van der Waals surface area contributed by atoms with Crippen molar-refractivity contribution in [2.24, 2.45) is 0 Å². The number of benzene rings is 4. The Bertz CT molecular complexity index is 1410. The van der Waals surface area contributed by atoms with Gasteiger partial charge in [0, 0.05) is 18.1 Å². The first kappa shape index (κ1) is 27.3. The van der Waals surface area contributed by atoms with E-state index in [9.17, 15) is 13.2 Å². The summed E-state index contributed by atoms with van der Waals surface area (Å²) < 4.78 is 34.0. The lowest BCUT2D eigenvalue weighted by atomic mass is 10.2. The van der Waals surface area contributed by atoms with Crippen molar-refractivity contribution >= 4 is 33.4 Å². The fourth-order valence-electron chi connectivity index (χ4n) is 3.66. The van der Waals surface area contributed by atoms with Crippen LogP contribution in [-0.4, -0.2) is 33.2 Å². The number of hydrogen-bond acceptors (Lipinski definition) is 5. The van der Waals surface area contributed by atoms with Gasteiger partial charge in [-0.2, -0.15) is 11.8 Å². The van der Waals surface area contributed by atoms with Gasteiger partial charge in [-0.1, -0.05) is 66.2 Å². The van der Waals surface area contributed by atoms with Gasteiger partial charge in [0.25, 0.3) is 10.0 Å². The predicted octanol–water partition coefficient (Wildman–Crippen LogP) is 6.03. The molecule has 0 radical (unpaired) electrons. The number of carbonyl (C=O) groups is 1. The molecule has 0 bridgehead atoms. The highest BCUT2D eigenvalue weighted by Crippen LogP contribution is 2.28. The van der Waals surface area contributed by atoms with Crippen molar-refractivity contribution < 1.29 is 17.9 Å². The second-order valence-corrected chi connectivity index (χ2v) is 11.6. The fraction of sp³-hybridized carbons (Fsp3) is 0.167. The molecule has 196 valence electrons. The summed E-state index contributed by atoms with van der Waals surface area (Å²) in [6.45, 7) is 2.16. The van der Waals surface area contributed by atoms with Crippen LogP contribution in [0, 0.1) is 6.92 Å². The smallest absolute Gasteiger partial charge is 0.264 e. The first-order valence-electron chi connectivity index (χ1n) is 12.2. The van der Waals surface area contributed by atoms with Crippen molar-refractivity contribution in [3.05, 3.63) is 120 Å². The Morgan fingerprint density at radius 2 is 1.42 bits per heavy atom. The Morgan fingerprint density at radius 1 is 0.816 bits per heavy atom. The maximum atomic E-state index is 13.5. The van der Waals surface area contributed by atoms with Crippen LogP contribution in [0.15, 0.2) is 114 Å². The number of aryl methyl sites for hydroxylation is 1. The van der Waals surface area contributed by atoms with E-state index in [-0.39, 0.29) is 17.3 Å². The van der Waals surface area contributed by atoms with Gasteiger partial charge in [-0.25, -0.2) is 8.42 Å². The highest BCUT2D eigenvalue weighted by molar-refractivity contribution is 7.98. The number of carbonyl (C=O) groups excluding carboxylic acids is 1. The molecular weight excluding hydrogens is 516 g/mol. The van der Waals surface area contributed by atoms with E-state index in [0.29, 0.717) is 23.7 Å². The van der Waals surface area contributed by atoms with Gasteiger partial charge in [0.05, 0.1) is 10.6 Å². The average molecular weight is 547 g/mol. The number of sulfonamides is 1. The molecule has 0 fully saturated rings. The molecule has 0 aliphatic heterocycles. The third kappa shape index (κ3) is 7.63. The van der Waals surface area contributed by atoms with E-state index in [1.807, 2.05) is 30.3 Å². The number of para-hydroxylation sites is 1. The SMILES string of the molecule is Cc1ccc(CSCCNC(=O)CN(c2ccc(Oc3ccccc3)cc2)S(=O)(=O)c2ccccc2)cc1. The topological polar surface area (TPSA) is 75.7 Å². The van der Waals surface area contributed by atoms with Crippen molar-refractivity contribution in [3.8, 4) is 11.5 Å². The van der Waals surface area contributed by atoms with Crippen molar-refractivity contribution in [2.75, 3.05) is 23.1 Å². The van der Waals surface area contributed by atoms with E-state index >= 15 is 0 Å². The summed E-state index contributed by atoms with van der Waals surface area (Å²) in [6, 6.07) is 32.5. The highest BCUT2D eigenvalue weighted by Gasteiger charge is 2.27. The molecule has 0 aromatic heterocycles. The van der Waals surface area contributed by atoms with Gasteiger partial charge < -0.3 is 10.1 Å². The molecular formula is C30H30N2O4S2. The minimum Gasteiger partial charge on any atom is -0.457 e. The molecule has 4 rings (SSSR count). The van der Waals surface area contributed by atoms with Crippen molar-refractivity contribution in [2.45, 2.75) is 17.6 Å². The molecule has 6 nitrogen and oxygen atoms in total. The number of rotatable bonds is 12. The number of ether oxygens (including phenoxy) is 1. The third-order valence-corrected chi connectivity index (χ3v) is 8.50. The fourth-order valence-corrected chi connectivity index (χ4v) is 5.92. The summed E-state index contributed by atoms with van der Waals surface area (Å²) in [6.07, 6.45) is 0. The molecule has 38 heavy (non-hydrogen) atoms. The summed E-state index contributed by atoms with van der Waals surface area (Å²) in [4.78, 5) is 12.9. The molecule has 0 unspecified atom stereocenters. The van der Waals surface area contributed by atoms with Gasteiger partial charge in [0.15, 0.2) is 0 Å². The van der Waals surface area contributed by atoms with Crippen molar-refractivity contribution in [1.29, 1.82) is 0 Å². The minimum absolute atomic E-state index is 0.117. The summed E-state index contributed by atoms with van der Waals surface area (Å²) in [5, 5.41) is 2.86. The molecule has 0 aliphatic rings. The molecule has 0 spiro atoms. The van der Waals surface area contributed by atoms with E-state index in [1.165, 1.54) is 23.3 Å². The zero-order chi connectivity index (χ0) is 26.8. The lowest BCUT2D eigenvalue weighted by molar-refractivity contribution is -0.119. The number of nitrogens with one attached hydrogen (secondary N) is 1. The standard InChI is InChI=1S/C30H30N2O4S2/c1-24-12-14-25(15-13-24)23-37-21-20-31-30(33)22-32(38(34,35)29-10-6-3-7-11-29)26-16-18-28(19-17-26)36-27-8-4-2-5-9-27/h2-19H,20-23H2,1H3,(H,31,33). The zero-order valence-corrected chi connectivity index (χ0v) is 22.8. The van der Waals surface area contributed by atoms with E-state index in [4.69, 9.17) is 4.74 Å². The summed E-state index contributed by atoms with van der Waals surface area (Å²) in [7, 11) is -3.97. The van der Waals surface area contributed by atoms with Crippen LogP contribution in [0.4, 0.5) is 5.69 Å². The summed E-state index contributed by atoms with van der Waals surface area (Å²) in [5.41, 5.74) is 2.82. The number of thioether (sulfide) groups is 1. The molecule has 1 amide bonds. The lowest BCUT2D eigenvalue weighted by Crippen LogP contribution is -2.41. The zero-order valence-electron chi connectivity index (χ0n) is 21.1. The van der Waals surface area contributed by atoms with Gasteiger partial charge >= 0.3 is 0 Å². The van der Waals surface area contributed by atoms with Gasteiger partial charge in [-0.05, 0) is 61.0 Å².